The lowest BCUT2D eigenvalue weighted by molar-refractivity contribution is 0.174. The first-order chi connectivity index (χ1) is 14.6. The van der Waals surface area contributed by atoms with Crippen LogP contribution in [0.5, 0.6) is 11.5 Å². The van der Waals surface area contributed by atoms with Crippen molar-refractivity contribution in [3.05, 3.63) is 82.2 Å². The standard InChI is InChI=1S/C24H19N3O2S/c1-15-9-18(19(12-25)24-26-20-5-3-4-6-23(20)30-24)10-16(2)27(15)13-17-7-8-21-22(11-17)29-14-28-21/h3-11H,13-14H2,1-2H3. The quantitative estimate of drug-likeness (QED) is 0.521. The van der Waals surface area contributed by atoms with Gasteiger partial charge in [-0.05, 0) is 61.4 Å². The predicted octanol–water partition coefficient (Wildman–Crippen LogP) is 5.63. The van der Waals surface area contributed by atoms with Gasteiger partial charge in [0, 0.05) is 17.9 Å². The van der Waals surface area contributed by atoms with Gasteiger partial charge in [-0.1, -0.05) is 18.2 Å². The summed E-state index contributed by atoms with van der Waals surface area (Å²) < 4.78 is 12.0. The molecule has 3 heterocycles. The van der Waals surface area contributed by atoms with Crippen molar-refractivity contribution in [1.29, 1.82) is 5.26 Å². The van der Waals surface area contributed by atoms with E-state index >= 15 is 0 Å². The SMILES string of the molecule is CC1=CC(=C(C#N)c2nc3ccccc3s2)C=C(C)N1Cc1ccc2c(c1)OCO2. The van der Waals surface area contributed by atoms with E-state index in [2.05, 4.69) is 48.0 Å². The smallest absolute Gasteiger partial charge is 0.231 e. The second-order valence-electron chi connectivity index (χ2n) is 7.27. The van der Waals surface area contributed by atoms with Crippen LogP contribution in [0.1, 0.15) is 24.4 Å². The normalized spacial score (nSPS) is 15.1. The number of allylic oxidation sites excluding steroid dienone is 6. The van der Waals surface area contributed by atoms with Gasteiger partial charge in [-0.25, -0.2) is 4.98 Å². The molecule has 0 atom stereocenters. The first-order valence-electron chi connectivity index (χ1n) is 9.65. The molecule has 30 heavy (non-hydrogen) atoms. The summed E-state index contributed by atoms with van der Waals surface area (Å²) in [4.78, 5) is 6.90. The minimum atomic E-state index is 0.275. The molecule has 2 aromatic carbocycles. The van der Waals surface area contributed by atoms with Crippen molar-refractivity contribution in [2.24, 2.45) is 0 Å². The second kappa shape index (κ2) is 7.36. The van der Waals surface area contributed by atoms with E-state index < -0.39 is 0 Å². The third-order valence-corrected chi connectivity index (χ3v) is 6.32. The molecule has 2 aliphatic rings. The lowest BCUT2D eigenvalue weighted by Gasteiger charge is -2.30. The van der Waals surface area contributed by atoms with Gasteiger partial charge in [0.15, 0.2) is 11.5 Å². The summed E-state index contributed by atoms with van der Waals surface area (Å²) in [5, 5.41) is 10.6. The van der Waals surface area contributed by atoms with Crippen molar-refractivity contribution in [3.8, 4) is 17.6 Å². The van der Waals surface area contributed by atoms with Crippen LogP contribution in [-0.4, -0.2) is 16.7 Å². The van der Waals surface area contributed by atoms with E-state index in [9.17, 15) is 5.26 Å². The Bertz CT molecular complexity index is 1240. The molecule has 0 saturated carbocycles. The van der Waals surface area contributed by atoms with Gasteiger partial charge in [0.25, 0.3) is 0 Å². The van der Waals surface area contributed by atoms with Gasteiger partial charge in [0.05, 0.1) is 15.8 Å². The van der Waals surface area contributed by atoms with Gasteiger partial charge in [-0.2, -0.15) is 5.26 Å². The molecule has 148 valence electrons. The van der Waals surface area contributed by atoms with Gasteiger partial charge in [0.2, 0.25) is 6.79 Å². The maximum atomic E-state index is 9.88. The highest BCUT2D eigenvalue weighted by Gasteiger charge is 2.20. The van der Waals surface area contributed by atoms with Gasteiger partial charge in [-0.15, -0.1) is 11.3 Å². The summed E-state index contributed by atoms with van der Waals surface area (Å²) in [6, 6.07) is 16.4. The predicted molar refractivity (Wildman–Crippen MR) is 118 cm³/mol. The first-order valence-corrected chi connectivity index (χ1v) is 10.5. The minimum absolute atomic E-state index is 0.275. The van der Waals surface area contributed by atoms with Crippen LogP contribution in [0.15, 0.2) is 71.6 Å². The van der Waals surface area contributed by atoms with E-state index in [4.69, 9.17) is 9.47 Å². The van der Waals surface area contributed by atoms with Gasteiger partial charge in [0.1, 0.15) is 11.1 Å². The molecule has 0 saturated heterocycles. The lowest BCUT2D eigenvalue weighted by atomic mass is 10.0. The van der Waals surface area contributed by atoms with Crippen molar-refractivity contribution in [2.45, 2.75) is 20.4 Å². The van der Waals surface area contributed by atoms with Gasteiger partial charge < -0.3 is 14.4 Å². The highest BCUT2D eigenvalue weighted by molar-refractivity contribution is 7.19. The Morgan fingerprint density at radius 1 is 1.10 bits per heavy atom. The van der Waals surface area contributed by atoms with E-state index in [0.29, 0.717) is 5.57 Å². The van der Waals surface area contributed by atoms with Crippen LogP contribution in [0, 0.1) is 11.3 Å². The number of fused-ring (bicyclic) bond motifs is 2. The fraction of sp³-hybridized carbons (Fsp3) is 0.167. The molecule has 0 spiro atoms. The number of benzene rings is 2. The number of para-hydroxylation sites is 1. The van der Waals surface area contributed by atoms with Crippen LogP contribution >= 0.6 is 11.3 Å². The molecule has 0 aliphatic carbocycles. The third-order valence-electron chi connectivity index (χ3n) is 5.27. The molecule has 5 rings (SSSR count). The molecule has 0 N–H and O–H groups in total. The van der Waals surface area contributed by atoms with Crippen molar-refractivity contribution in [1.82, 2.24) is 9.88 Å². The number of nitriles is 1. The Labute approximate surface area is 178 Å². The van der Waals surface area contributed by atoms with E-state index in [1.54, 1.807) is 11.3 Å². The van der Waals surface area contributed by atoms with E-state index in [1.165, 1.54) is 0 Å². The van der Waals surface area contributed by atoms with Crippen LogP contribution in [0.25, 0.3) is 15.8 Å². The Morgan fingerprint density at radius 2 is 1.87 bits per heavy atom. The zero-order valence-corrected chi connectivity index (χ0v) is 17.5. The average molecular weight is 414 g/mol. The van der Waals surface area contributed by atoms with Crippen molar-refractivity contribution < 1.29 is 9.47 Å². The number of rotatable bonds is 3. The first kappa shape index (κ1) is 18.5. The van der Waals surface area contributed by atoms with Crippen LogP contribution in [-0.2, 0) is 6.54 Å². The number of ether oxygens (including phenoxy) is 2. The van der Waals surface area contributed by atoms with Crippen LogP contribution in [0.2, 0.25) is 0 Å². The molecule has 0 bridgehead atoms. The van der Waals surface area contributed by atoms with Crippen LogP contribution in [0.3, 0.4) is 0 Å². The molecular formula is C24H19N3O2S. The van der Waals surface area contributed by atoms with E-state index in [0.717, 1.165) is 55.8 Å². The molecule has 0 unspecified atom stereocenters. The van der Waals surface area contributed by atoms with Gasteiger partial charge in [-0.3, -0.25) is 0 Å². The summed E-state index contributed by atoms with van der Waals surface area (Å²) in [7, 11) is 0. The zero-order chi connectivity index (χ0) is 20.7. The summed E-state index contributed by atoms with van der Waals surface area (Å²) >= 11 is 1.55. The van der Waals surface area contributed by atoms with Crippen LogP contribution < -0.4 is 9.47 Å². The number of hydrogen-bond donors (Lipinski definition) is 0. The van der Waals surface area contributed by atoms with Crippen molar-refractivity contribution in [3.63, 3.8) is 0 Å². The van der Waals surface area contributed by atoms with E-state index in [1.807, 2.05) is 36.4 Å². The molecule has 6 heteroatoms. The molecule has 5 nitrogen and oxygen atoms in total. The molecule has 2 aliphatic heterocycles. The summed E-state index contributed by atoms with van der Waals surface area (Å²) in [5.41, 5.74) is 5.73. The van der Waals surface area contributed by atoms with Crippen LogP contribution in [0.4, 0.5) is 0 Å². The highest BCUT2D eigenvalue weighted by Crippen LogP contribution is 2.35. The fourth-order valence-electron chi connectivity index (χ4n) is 3.76. The summed E-state index contributed by atoms with van der Waals surface area (Å²) in [5.74, 6) is 1.58. The molecule has 0 radical (unpaired) electrons. The largest absolute Gasteiger partial charge is 0.454 e. The second-order valence-corrected chi connectivity index (χ2v) is 8.30. The number of hydrogen-bond acceptors (Lipinski definition) is 6. The van der Waals surface area contributed by atoms with Crippen molar-refractivity contribution >= 4 is 27.1 Å². The zero-order valence-electron chi connectivity index (χ0n) is 16.7. The van der Waals surface area contributed by atoms with Crippen molar-refractivity contribution in [2.75, 3.05) is 6.79 Å². The van der Waals surface area contributed by atoms with Gasteiger partial charge >= 0.3 is 0 Å². The molecule has 0 amide bonds. The third kappa shape index (κ3) is 3.23. The monoisotopic (exact) mass is 413 g/mol. The number of thiazole rings is 1. The Hall–Kier alpha value is -3.56. The fourth-order valence-corrected chi connectivity index (χ4v) is 4.74. The minimum Gasteiger partial charge on any atom is -0.454 e. The number of aromatic nitrogens is 1. The van der Waals surface area contributed by atoms with E-state index in [-0.39, 0.29) is 6.79 Å². The summed E-state index contributed by atoms with van der Waals surface area (Å²) in [6.45, 7) is 5.13. The molecule has 3 aromatic rings. The molecule has 1 aromatic heterocycles. The topological polar surface area (TPSA) is 58.4 Å². The average Bonchev–Trinajstić information content (AvgIpc) is 3.37. The maximum Gasteiger partial charge on any atom is 0.231 e. The molecule has 0 fully saturated rings. The molecular weight excluding hydrogens is 394 g/mol. The lowest BCUT2D eigenvalue weighted by Crippen LogP contribution is -2.22. The Morgan fingerprint density at radius 3 is 2.63 bits per heavy atom. The maximum absolute atomic E-state index is 9.88. The highest BCUT2D eigenvalue weighted by atomic mass is 32.1. The number of nitrogens with zero attached hydrogens (tertiary/aromatic N) is 3. The summed E-state index contributed by atoms with van der Waals surface area (Å²) in [6.07, 6.45) is 4.12. The Kier molecular flexibility index (Phi) is 4.53. The Balaban J connectivity index is 1.47.